The molecular formula is C16H20NS+. The van der Waals surface area contributed by atoms with Gasteiger partial charge in [0.25, 0.3) is 0 Å². The van der Waals surface area contributed by atoms with Gasteiger partial charge in [-0.15, -0.1) is 11.8 Å². The van der Waals surface area contributed by atoms with Gasteiger partial charge in [0.05, 0.1) is 0 Å². The lowest BCUT2D eigenvalue weighted by Gasteiger charge is -2.07. The number of thioether (sulfide) groups is 1. The summed E-state index contributed by atoms with van der Waals surface area (Å²) in [6, 6.07) is 13.0. The van der Waals surface area contributed by atoms with Crippen LogP contribution in [0.25, 0.3) is 11.3 Å². The first-order valence-electron chi connectivity index (χ1n) is 6.30. The number of pyridine rings is 1. The lowest BCUT2D eigenvalue weighted by Crippen LogP contribution is -2.30. The first kappa shape index (κ1) is 13.2. The maximum Gasteiger partial charge on any atom is 0.213 e. The predicted octanol–water partition coefficient (Wildman–Crippen LogP) is 3.99. The fourth-order valence-electron chi connectivity index (χ4n) is 2.02. The summed E-state index contributed by atoms with van der Waals surface area (Å²) in [6.07, 6.45) is 2.15. The van der Waals surface area contributed by atoms with Crippen molar-refractivity contribution >= 4 is 11.8 Å². The van der Waals surface area contributed by atoms with Crippen molar-refractivity contribution in [2.45, 2.75) is 30.9 Å². The van der Waals surface area contributed by atoms with Crippen molar-refractivity contribution in [2.24, 2.45) is 7.05 Å². The van der Waals surface area contributed by atoms with E-state index in [0.29, 0.717) is 5.25 Å². The van der Waals surface area contributed by atoms with Crippen molar-refractivity contribution in [2.75, 3.05) is 0 Å². The summed E-state index contributed by atoms with van der Waals surface area (Å²) in [6.45, 7) is 6.62. The van der Waals surface area contributed by atoms with E-state index in [0.717, 1.165) is 0 Å². The van der Waals surface area contributed by atoms with Gasteiger partial charge in [0.15, 0.2) is 6.20 Å². The molecule has 1 nitrogen and oxygen atoms in total. The number of aryl methyl sites for hydroxylation is 2. The van der Waals surface area contributed by atoms with Crippen LogP contribution in [-0.4, -0.2) is 5.25 Å². The van der Waals surface area contributed by atoms with Gasteiger partial charge in [0.1, 0.15) is 7.05 Å². The third kappa shape index (κ3) is 2.94. The highest BCUT2D eigenvalue weighted by atomic mass is 32.2. The Kier molecular flexibility index (Phi) is 4.07. The molecule has 0 aliphatic heterocycles. The van der Waals surface area contributed by atoms with E-state index in [1.54, 1.807) is 0 Å². The fraction of sp³-hybridized carbons (Fsp3) is 0.312. The molecule has 0 aliphatic rings. The van der Waals surface area contributed by atoms with Crippen LogP contribution in [0.2, 0.25) is 0 Å². The molecule has 1 aromatic carbocycles. The zero-order chi connectivity index (χ0) is 13.1. The molecule has 18 heavy (non-hydrogen) atoms. The third-order valence-corrected chi connectivity index (χ3v) is 3.91. The first-order valence-corrected chi connectivity index (χ1v) is 7.18. The molecule has 1 aromatic heterocycles. The highest BCUT2D eigenvalue weighted by Gasteiger charge is 2.13. The Morgan fingerprint density at radius 3 is 2.50 bits per heavy atom. The van der Waals surface area contributed by atoms with E-state index < -0.39 is 0 Å². The Balaban J connectivity index is 2.47. The molecule has 2 rings (SSSR count). The van der Waals surface area contributed by atoms with Crippen LogP contribution in [-0.2, 0) is 7.05 Å². The number of benzene rings is 1. The van der Waals surface area contributed by atoms with Crippen LogP contribution in [0, 0.1) is 6.92 Å². The minimum absolute atomic E-state index is 0.613. The normalized spacial score (nSPS) is 10.9. The molecule has 0 saturated heterocycles. The Morgan fingerprint density at radius 1 is 1.11 bits per heavy atom. The molecule has 0 fully saturated rings. The standard InChI is InChI=1S/C16H20NS/c1-12(2)18-14-9-10-17(4)16(11-14)15-8-6-5-7-13(15)3/h5-12H,1-4H3/q+1. The van der Waals surface area contributed by atoms with Gasteiger partial charge in [-0.2, -0.15) is 0 Å². The molecule has 1 heterocycles. The molecule has 0 spiro atoms. The smallest absolute Gasteiger partial charge is 0.201 e. The second-order valence-electron chi connectivity index (χ2n) is 4.84. The Bertz CT molecular complexity index is 547. The molecule has 0 saturated carbocycles. The molecule has 0 N–H and O–H groups in total. The molecule has 0 bridgehead atoms. The average molecular weight is 258 g/mol. The van der Waals surface area contributed by atoms with Crippen molar-refractivity contribution in [3.05, 3.63) is 48.2 Å². The Labute approximate surface area is 114 Å². The molecule has 94 valence electrons. The van der Waals surface area contributed by atoms with E-state index in [1.807, 2.05) is 11.8 Å². The molecule has 2 heteroatoms. The van der Waals surface area contributed by atoms with Crippen molar-refractivity contribution in [3.8, 4) is 11.3 Å². The van der Waals surface area contributed by atoms with E-state index >= 15 is 0 Å². The van der Waals surface area contributed by atoms with Crippen LogP contribution in [0.5, 0.6) is 0 Å². The van der Waals surface area contributed by atoms with Crippen LogP contribution in [0.15, 0.2) is 47.5 Å². The van der Waals surface area contributed by atoms with Crippen LogP contribution in [0.1, 0.15) is 19.4 Å². The first-order chi connectivity index (χ1) is 8.58. The lowest BCUT2D eigenvalue weighted by atomic mass is 10.1. The molecule has 0 unspecified atom stereocenters. The molecule has 0 atom stereocenters. The summed E-state index contributed by atoms with van der Waals surface area (Å²) in [4.78, 5) is 1.33. The van der Waals surface area contributed by atoms with Crippen LogP contribution >= 0.6 is 11.8 Å². The number of aromatic nitrogens is 1. The maximum absolute atomic E-state index is 2.28. The van der Waals surface area contributed by atoms with Gasteiger partial charge < -0.3 is 0 Å². The lowest BCUT2D eigenvalue weighted by molar-refractivity contribution is -0.660. The van der Waals surface area contributed by atoms with Crippen molar-refractivity contribution < 1.29 is 4.57 Å². The summed E-state index contributed by atoms with van der Waals surface area (Å²) >= 11 is 1.91. The SMILES string of the molecule is Cc1ccccc1-c1cc(SC(C)C)cc[n+]1C. The third-order valence-electron chi connectivity index (χ3n) is 2.91. The highest BCUT2D eigenvalue weighted by molar-refractivity contribution is 7.99. The largest absolute Gasteiger partial charge is 0.213 e. The minimum atomic E-state index is 0.613. The summed E-state index contributed by atoms with van der Waals surface area (Å²) in [5, 5.41) is 0.613. The van der Waals surface area contributed by atoms with Crippen LogP contribution in [0.3, 0.4) is 0 Å². The van der Waals surface area contributed by atoms with Gasteiger partial charge >= 0.3 is 0 Å². The van der Waals surface area contributed by atoms with Crippen LogP contribution < -0.4 is 4.57 Å². The van der Waals surface area contributed by atoms with Gasteiger partial charge in [0.2, 0.25) is 5.69 Å². The summed E-state index contributed by atoms with van der Waals surface area (Å²) in [5.74, 6) is 0. The maximum atomic E-state index is 2.28. The van der Waals surface area contributed by atoms with Gasteiger partial charge in [-0.25, -0.2) is 4.57 Å². The van der Waals surface area contributed by atoms with Gasteiger partial charge in [-0.3, -0.25) is 0 Å². The van der Waals surface area contributed by atoms with E-state index in [-0.39, 0.29) is 0 Å². The quantitative estimate of drug-likeness (QED) is 0.595. The van der Waals surface area contributed by atoms with E-state index in [4.69, 9.17) is 0 Å². The predicted molar refractivity (Wildman–Crippen MR) is 78.8 cm³/mol. The monoisotopic (exact) mass is 258 g/mol. The number of hydrogen-bond donors (Lipinski definition) is 0. The average Bonchev–Trinajstić information content (AvgIpc) is 2.32. The zero-order valence-electron chi connectivity index (χ0n) is 11.5. The van der Waals surface area contributed by atoms with E-state index in [9.17, 15) is 0 Å². The molecule has 0 aliphatic carbocycles. The van der Waals surface area contributed by atoms with E-state index in [1.165, 1.54) is 21.7 Å². The summed E-state index contributed by atoms with van der Waals surface area (Å²) < 4.78 is 2.19. The molecule has 2 aromatic rings. The van der Waals surface area contributed by atoms with Crippen molar-refractivity contribution in [1.82, 2.24) is 0 Å². The fourth-order valence-corrected chi connectivity index (χ4v) is 2.89. The number of hydrogen-bond acceptors (Lipinski definition) is 1. The second-order valence-corrected chi connectivity index (χ2v) is 6.49. The Morgan fingerprint density at radius 2 is 1.83 bits per heavy atom. The molecular weight excluding hydrogens is 238 g/mol. The topological polar surface area (TPSA) is 3.88 Å². The van der Waals surface area contributed by atoms with Gasteiger partial charge in [0, 0.05) is 27.8 Å². The van der Waals surface area contributed by atoms with Gasteiger partial charge in [-0.05, 0) is 18.6 Å². The van der Waals surface area contributed by atoms with E-state index in [2.05, 4.69) is 75.0 Å². The second kappa shape index (κ2) is 5.57. The molecule has 0 radical (unpaired) electrons. The molecule has 0 amide bonds. The minimum Gasteiger partial charge on any atom is -0.201 e. The Hall–Kier alpha value is -1.28. The highest BCUT2D eigenvalue weighted by Crippen LogP contribution is 2.27. The number of rotatable bonds is 3. The van der Waals surface area contributed by atoms with Gasteiger partial charge in [-0.1, -0.05) is 32.0 Å². The van der Waals surface area contributed by atoms with Crippen molar-refractivity contribution in [3.63, 3.8) is 0 Å². The zero-order valence-corrected chi connectivity index (χ0v) is 12.3. The summed E-state index contributed by atoms with van der Waals surface area (Å²) in [7, 11) is 2.10. The van der Waals surface area contributed by atoms with Crippen LogP contribution in [0.4, 0.5) is 0 Å². The number of nitrogens with zero attached hydrogens (tertiary/aromatic N) is 1. The van der Waals surface area contributed by atoms with Crippen molar-refractivity contribution in [1.29, 1.82) is 0 Å². The summed E-state index contributed by atoms with van der Waals surface area (Å²) in [5.41, 5.74) is 3.91.